The number of amides is 1. The standard InChI is InChI=1S/C28H29ClN2O6S.C28H27ClN2O5S.C25H27ClN2O4S/c1-19(32)27(34)31(22-7-5-4-6-8-22)25-17-21(29)12-15-24(25)26(33)16-11-20-9-13-23(14-10-20)38(36,37)30-18-28(2,3)35;1-18(32)26-24(15-19-9-12-22(13-10-19)37(35,36)30-17-28(2,3)34)27(33)23-14-11-20(29)16-25(23)31(26)21-7-5-4-6-8-21;1-25(2,30)17-27-33(31,32)21-12-8-18(9-13-21)10-15-24(29)22-14-11-19(26)16-23(22)28-20-6-4-3-5-7-20/h4-10,12-15,17,30,35H,11,16,18H2,1-3H3;4-14,16,30,34H,15,17H2,1-3H3;3-9,11-14,16,27-28,30H,10,15,17H2,1-2H3. The number of aliphatic hydroxyl groups is 3. The van der Waals surface area contributed by atoms with Gasteiger partial charge in [0.2, 0.25) is 35.9 Å². The van der Waals surface area contributed by atoms with Crippen LogP contribution in [0.4, 0.5) is 22.7 Å². The molecule has 0 unspecified atom stereocenters. The van der Waals surface area contributed by atoms with E-state index in [9.17, 15) is 69.3 Å². The predicted molar refractivity (Wildman–Crippen MR) is 423 cm³/mol. The molecule has 7 N–H and O–H groups in total. The summed E-state index contributed by atoms with van der Waals surface area (Å²) >= 11 is 18.6. The van der Waals surface area contributed by atoms with Crippen LogP contribution in [0, 0.1) is 0 Å². The van der Waals surface area contributed by atoms with Gasteiger partial charge < -0.3 is 25.2 Å². The minimum Gasteiger partial charge on any atom is -0.389 e. The fraction of sp³-hybridized carbons (Fsp3) is 0.235. The molecule has 108 heavy (non-hydrogen) atoms. The van der Waals surface area contributed by atoms with E-state index >= 15 is 0 Å². The second-order valence-corrected chi connectivity index (χ2v) is 33.9. The second-order valence-electron chi connectivity index (χ2n) is 27.3. The molecule has 0 radical (unpaired) electrons. The van der Waals surface area contributed by atoms with Crippen molar-refractivity contribution < 1.29 is 64.5 Å². The van der Waals surface area contributed by atoms with Gasteiger partial charge in [0.1, 0.15) is 0 Å². The summed E-state index contributed by atoms with van der Waals surface area (Å²) in [5.74, 6) is -2.11. The Morgan fingerprint density at radius 2 is 0.870 bits per heavy atom. The zero-order valence-corrected chi connectivity index (χ0v) is 65.2. The van der Waals surface area contributed by atoms with Gasteiger partial charge >= 0.3 is 0 Å². The van der Waals surface area contributed by atoms with Crippen molar-refractivity contribution in [1.82, 2.24) is 18.7 Å². The Labute approximate surface area is 643 Å². The van der Waals surface area contributed by atoms with Gasteiger partial charge in [-0.15, -0.1) is 0 Å². The monoisotopic (exact) mass is 1580 g/mol. The van der Waals surface area contributed by atoms with E-state index in [2.05, 4.69) is 19.5 Å². The number of anilines is 4. The molecule has 21 nitrogen and oxygen atoms in total. The van der Waals surface area contributed by atoms with E-state index in [1.807, 2.05) is 60.7 Å². The number of carbonyl (C=O) groups is 5. The number of Topliss-reactive ketones (excluding diaryl/α,β-unsaturated/α-hetero) is 4. The topological polar surface area (TPSA) is 322 Å². The lowest BCUT2D eigenvalue weighted by Gasteiger charge is -2.24. The molecule has 0 aliphatic rings. The number of ketones is 4. The number of hydrogen-bond donors (Lipinski definition) is 7. The summed E-state index contributed by atoms with van der Waals surface area (Å²) in [4.78, 5) is 79.1. The van der Waals surface area contributed by atoms with Gasteiger partial charge in [0.15, 0.2) is 22.8 Å². The lowest BCUT2D eigenvalue weighted by atomic mass is 9.98. The molecule has 0 saturated heterocycles. The number of nitrogens with zero attached hydrogens (tertiary/aromatic N) is 2. The Hall–Kier alpha value is -9.38. The zero-order valence-electron chi connectivity index (χ0n) is 60.4. The SMILES string of the molecule is CC(=O)C(=O)N(c1ccccc1)c1cc(Cl)ccc1C(=O)CCc1ccc(S(=O)(=O)NCC(C)(C)O)cc1.CC(=O)c1c(Cc2ccc(S(=O)(=O)NCC(C)(C)O)cc2)c(=O)c2ccc(Cl)cc2n1-c1ccccc1.CC(C)(O)CNS(=O)(=O)c1ccc(CCC(=O)c2ccc(Cl)cc2Nc2ccccc2)cc1. The lowest BCUT2D eigenvalue weighted by Crippen LogP contribution is -2.38. The molecule has 0 aliphatic carbocycles. The molecule has 0 aliphatic heterocycles. The van der Waals surface area contributed by atoms with E-state index in [4.69, 9.17) is 34.8 Å². The number of sulfonamides is 3. The number of hydrogen-bond acceptors (Lipinski definition) is 16. The van der Waals surface area contributed by atoms with Gasteiger partial charge in [-0.2, -0.15) is 0 Å². The van der Waals surface area contributed by atoms with Crippen molar-refractivity contribution in [3.8, 4) is 5.69 Å². The van der Waals surface area contributed by atoms with Gasteiger partial charge in [0.05, 0.1) is 54.1 Å². The van der Waals surface area contributed by atoms with Gasteiger partial charge in [0, 0.05) is 107 Å². The Balaban J connectivity index is 0.000000205. The molecule has 10 rings (SSSR count). The third kappa shape index (κ3) is 23.8. The van der Waals surface area contributed by atoms with E-state index in [0.717, 1.165) is 23.7 Å². The molecule has 0 bridgehead atoms. The Morgan fingerprint density at radius 3 is 1.31 bits per heavy atom. The van der Waals surface area contributed by atoms with Crippen molar-refractivity contribution in [2.45, 2.75) is 119 Å². The molecule has 0 fully saturated rings. The summed E-state index contributed by atoms with van der Waals surface area (Å²) in [6, 6.07) is 60.5. The van der Waals surface area contributed by atoms with Gasteiger partial charge in [-0.1, -0.05) is 126 Å². The van der Waals surface area contributed by atoms with Gasteiger partial charge in [0.25, 0.3) is 5.91 Å². The summed E-state index contributed by atoms with van der Waals surface area (Å²) in [7, 11) is -11.4. The Bertz CT molecular complexity index is 5330. The maximum atomic E-state index is 13.6. The van der Waals surface area contributed by atoms with Crippen LogP contribution in [0.25, 0.3) is 16.6 Å². The fourth-order valence-electron chi connectivity index (χ4n) is 10.9. The van der Waals surface area contributed by atoms with Crippen molar-refractivity contribution in [3.63, 3.8) is 0 Å². The van der Waals surface area contributed by atoms with Crippen LogP contribution in [-0.2, 0) is 58.9 Å². The molecule has 0 spiro atoms. The second kappa shape index (κ2) is 36.2. The van der Waals surface area contributed by atoms with Crippen molar-refractivity contribution in [2.24, 2.45) is 0 Å². The highest BCUT2D eigenvalue weighted by atomic mass is 35.5. The smallest absolute Gasteiger partial charge is 0.298 e. The third-order valence-corrected chi connectivity index (χ3v) is 21.3. The molecule has 1 amide bonds. The number of aromatic nitrogens is 1. The number of benzene rings is 9. The molecule has 27 heteroatoms. The van der Waals surface area contributed by atoms with E-state index < -0.39 is 58.6 Å². The van der Waals surface area contributed by atoms with Crippen LogP contribution in [0.3, 0.4) is 0 Å². The Kier molecular flexibility index (Phi) is 28.3. The molecular formula is C81H83Cl3N6O15S3. The first-order valence-corrected chi connectivity index (χ1v) is 39.5. The first kappa shape index (κ1) is 84.2. The Morgan fingerprint density at radius 1 is 0.472 bits per heavy atom. The van der Waals surface area contributed by atoms with Crippen LogP contribution in [0.5, 0.6) is 0 Å². The first-order valence-electron chi connectivity index (χ1n) is 33.9. The van der Waals surface area contributed by atoms with Crippen LogP contribution >= 0.6 is 34.8 Å². The van der Waals surface area contributed by atoms with E-state index in [1.54, 1.807) is 114 Å². The zero-order chi connectivity index (χ0) is 79.1. The third-order valence-electron chi connectivity index (χ3n) is 16.4. The van der Waals surface area contributed by atoms with Gasteiger partial charge in [-0.3, -0.25) is 33.7 Å². The highest BCUT2D eigenvalue weighted by Crippen LogP contribution is 2.34. The summed E-state index contributed by atoms with van der Waals surface area (Å²) < 4.78 is 83.7. The number of para-hydroxylation sites is 3. The number of carbonyl (C=O) groups excluding carboxylic acids is 5. The minimum absolute atomic E-state index is 0.0298. The van der Waals surface area contributed by atoms with Gasteiger partial charge in [-0.25, -0.2) is 39.4 Å². The predicted octanol–water partition coefficient (Wildman–Crippen LogP) is 13.9. The maximum absolute atomic E-state index is 13.6. The van der Waals surface area contributed by atoms with Crippen molar-refractivity contribution in [1.29, 1.82) is 0 Å². The summed E-state index contributed by atoms with van der Waals surface area (Å²) in [5.41, 5.74) is 3.06. The fourth-order valence-corrected chi connectivity index (χ4v) is 15.0. The number of nitrogens with one attached hydrogen (secondary N) is 4. The molecule has 0 atom stereocenters. The van der Waals surface area contributed by atoms with Crippen molar-refractivity contribution in [3.05, 3.63) is 283 Å². The number of rotatable bonds is 29. The average Bonchev–Trinajstić information content (AvgIpc) is 0.746. The van der Waals surface area contributed by atoms with Crippen LogP contribution in [0.1, 0.15) is 122 Å². The van der Waals surface area contributed by atoms with Gasteiger partial charge in [-0.05, 0) is 198 Å². The normalized spacial score (nSPS) is 11.9. The van der Waals surface area contributed by atoms with Crippen LogP contribution in [-0.4, -0.2) is 111 Å². The summed E-state index contributed by atoms with van der Waals surface area (Å²) in [5, 5.41) is 34.3. The van der Waals surface area contributed by atoms with Crippen molar-refractivity contribution in [2.75, 3.05) is 29.9 Å². The molecule has 0 saturated carbocycles. The highest BCUT2D eigenvalue weighted by molar-refractivity contribution is 7.90. The molecular weight excluding hydrogens is 1500 g/mol. The average molecular weight is 1580 g/mol. The molecule has 9 aromatic carbocycles. The highest BCUT2D eigenvalue weighted by Gasteiger charge is 2.29. The number of pyridine rings is 1. The van der Waals surface area contributed by atoms with Crippen LogP contribution in [0.15, 0.2) is 238 Å². The lowest BCUT2D eigenvalue weighted by molar-refractivity contribution is -0.134. The van der Waals surface area contributed by atoms with E-state index in [0.29, 0.717) is 72.6 Å². The first-order chi connectivity index (χ1) is 50.7. The molecule has 1 heterocycles. The number of aryl methyl sites for hydroxylation is 2. The van der Waals surface area contributed by atoms with Crippen LogP contribution < -0.4 is 29.8 Å². The molecule has 566 valence electrons. The minimum atomic E-state index is -3.83. The number of fused-ring (bicyclic) bond motifs is 1. The quantitative estimate of drug-likeness (QED) is 0.0169. The molecule has 1 aromatic heterocycles. The van der Waals surface area contributed by atoms with Crippen LogP contribution in [0.2, 0.25) is 15.1 Å². The summed E-state index contributed by atoms with van der Waals surface area (Å²) in [6.45, 7) is 11.3. The van der Waals surface area contributed by atoms with E-state index in [-0.39, 0.29) is 93.3 Å². The molecule has 10 aromatic rings. The maximum Gasteiger partial charge on any atom is 0.298 e. The van der Waals surface area contributed by atoms with E-state index in [1.165, 1.54) is 102 Å². The summed E-state index contributed by atoms with van der Waals surface area (Å²) in [6.07, 6.45) is 1.22. The number of halogens is 3. The van der Waals surface area contributed by atoms with Crippen molar-refractivity contribution >= 4 is 128 Å². The largest absolute Gasteiger partial charge is 0.389 e.